The molecule has 3 N–H and O–H groups in total. The van der Waals surface area contributed by atoms with Crippen molar-refractivity contribution < 1.29 is 23.7 Å². The van der Waals surface area contributed by atoms with Crippen molar-refractivity contribution in [1.82, 2.24) is 4.98 Å². The number of fused-ring (bicyclic) bond motifs is 1. The van der Waals surface area contributed by atoms with Crippen molar-refractivity contribution in [3.8, 4) is 11.5 Å². The minimum absolute atomic E-state index is 0.103. The fraction of sp³-hybridized carbons (Fsp3) is 0.409. The van der Waals surface area contributed by atoms with Gasteiger partial charge in [-0.25, -0.2) is 9.98 Å². The number of nitrogens with two attached hydrogens (primary N) is 1. The van der Waals surface area contributed by atoms with Crippen LogP contribution in [0.5, 0.6) is 11.5 Å². The molecule has 2 aromatic rings. The summed E-state index contributed by atoms with van der Waals surface area (Å²) in [6, 6.07) is 7.35. The molecular weight excluding hydrogens is 400 g/mol. The molecule has 31 heavy (non-hydrogen) atoms. The quantitative estimate of drug-likeness (QED) is 0.778. The van der Waals surface area contributed by atoms with Gasteiger partial charge >= 0.3 is 0 Å². The highest BCUT2D eigenvalue weighted by molar-refractivity contribution is 6.04. The van der Waals surface area contributed by atoms with Gasteiger partial charge in [0.1, 0.15) is 28.2 Å². The minimum atomic E-state index is -0.949. The molecule has 9 nitrogen and oxygen atoms in total. The third-order valence-corrected chi connectivity index (χ3v) is 7.14. The molecule has 160 valence electrons. The van der Waals surface area contributed by atoms with E-state index in [-0.39, 0.29) is 11.9 Å². The fourth-order valence-electron chi connectivity index (χ4n) is 5.70. The number of nitrogens with zero attached hydrogens (tertiary/aromatic N) is 2. The van der Waals surface area contributed by atoms with E-state index >= 15 is 0 Å². The predicted octanol–water partition coefficient (Wildman–Crippen LogP) is 2.09. The Kier molecular flexibility index (Phi) is 3.14. The molecule has 1 aromatic heterocycles. The number of aliphatic imine (C=N–C) groups is 1. The van der Waals surface area contributed by atoms with E-state index in [9.17, 15) is 4.79 Å². The fourth-order valence-corrected chi connectivity index (χ4v) is 5.70. The first-order valence-electron chi connectivity index (χ1n) is 10.1. The van der Waals surface area contributed by atoms with Gasteiger partial charge in [-0.15, -0.1) is 0 Å². The van der Waals surface area contributed by atoms with Gasteiger partial charge in [0.05, 0.1) is 19.9 Å². The minimum Gasteiger partial charge on any atom is -0.495 e. The van der Waals surface area contributed by atoms with Crippen LogP contribution in [0.4, 0.5) is 5.69 Å². The van der Waals surface area contributed by atoms with Gasteiger partial charge in [0, 0.05) is 11.3 Å². The number of methoxy groups -OCH3 is 1. The van der Waals surface area contributed by atoms with Gasteiger partial charge in [-0.1, -0.05) is 0 Å². The molecule has 1 aromatic carbocycles. The number of benzene rings is 1. The Hall–Kier alpha value is -3.33. The zero-order valence-corrected chi connectivity index (χ0v) is 17.6. The van der Waals surface area contributed by atoms with Gasteiger partial charge in [-0.2, -0.15) is 0 Å². The van der Waals surface area contributed by atoms with Crippen LogP contribution in [0.25, 0.3) is 0 Å². The van der Waals surface area contributed by atoms with Gasteiger partial charge in [0.25, 0.3) is 17.7 Å². The number of pyridine rings is 1. The van der Waals surface area contributed by atoms with E-state index in [1.54, 1.807) is 19.2 Å². The predicted molar refractivity (Wildman–Crippen MR) is 110 cm³/mol. The molecule has 1 saturated carbocycles. The summed E-state index contributed by atoms with van der Waals surface area (Å²) >= 11 is 0. The summed E-state index contributed by atoms with van der Waals surface area (Å²) < 4.78 is 23.3. The number of amides is 1. The first-order valence-corrected chi connectivity index (χ1v) is 10.1. The third kappa shape index (κ3) is 1.81. The molecule has 3 aliphatic heterocycles. The molecular formula is C22H22N4O5. The topological polar surface area (TPSA) is 117 Å². The van der Waals surface area contributed by atoms with E-state index in [0.29, 0.717) is 35.1 Å². The molecule has 0 radical (unpaired) electrons. The van der Waals surface area contributed by atoms with E-state index < -0.39 is 22.3 Å². The van der Waals surface area contributed by atoms with Crippen LogP contribution in [0, 0.1) is 12.3 Å². The molecule has 3 spiro atoms. The zero-order valence-electron chi connectivity index (χ0n) is 17.6. The van der Waals surface area contributed by atoms with E-state index in [2.05, 4.69) is 10.3 Å². The summed E-state index contributed by atoms with van der Waals surface area (Å²) in [6.07, 6.45) is 1.52. The first kappa shape index (κ1) is 18.4. The number of carbonyl (C=O) groups excluding carboxylic acids is 1. The summed E-state index contributed by atoms with van der Waals surface area (Å²) in [6.45, 7) is 6.31. The number of aryl methyl sites for hydroxylation is 1. The highest BCUT2D eigenvalue weighted by Crippen LogP contribution is 2.89. The van der Waals surface area contributed by atoms with Crippen LogP contribution < -0.4 is 20.5 Å². The van der Waals surface area contributed by atoms with E-state index in [0.717, 1.165) is 5.56 Å². The lowest BCUT2D eigenvalue weighted by Crippen LogP contribution is -2.58. The van der Waals surface area contributed by atoms with E-state index in [1.165, 1.54) is 6.20 Å². The lowest BCUT2D eigenvalue weighted by molar-refractivity contribution is -0.263. The molecule has 2 fully saturated rings. The maximum Gasteiger partial charge on any atom is 0.285 e. The Balaban J connectivity index is 1.39. The van der Waals surface area contributed by atoms with Crippen molar-refractivity contribution in [1.29, 1.82) is 0 Å². The van der Waals surface area contributed by atoms with E-state index in [4.69, 9.17) is 29.7 Å². The largest absolute Gasteiger partial charge is 0.495 e. The standard InChI is InChI=1S/C22H22N4O5/c1-11-7-13(28-4)9-24-16(11)17(27)25-12-5-6-15-14(8-12)21-20(19(2,3)30-15)10-29-22(20,21)31-18(23)26-21/h5-9H,10H2,1-4H3,(H2,23,26)(H,25,27). The Bertz CT molecular complexity index is 1210. The van der Waals surface area contributed by atoms with Crippen molar-refractivity contribution in [2.45, 2.75) is 37.7 Å². The van der Waals surface area contributed by atoms with Crippen LogP contribution in [0.2, 0.25) is 0 Å². The average Bonchev–Trinajstić information content (AvgIpc) is 2.92. The molecule has 3 atom stereocenters. The molecule has 4 aliphatic rings. The molecule has 4 heterocycles. The SMILES string of the molecule is COc1cnc(C(=O)Nc2ccc3c(c2)C24N=C(N)OC25OCC54C(C)(C)O3)c(C)c1. The zero-order chi connectivity index (χ0) is 21.8. The number of aromatic nitrogens is 1. The summed E-state index contributed by atoms with van der Waals surface area (Å²) in [5.74, 6) is 0.0000517. The second kappa shape index (κ2) is 5.28. The lowest BCUT2D eigenvalue weighted by atomic mass is 9.77. The van der Waals surface area contributed by atoms with Crippen molar-refractivity contribution in [2.75, 3.05) is 19.0 Å². The van der Waals surface area contributed by atoms with Crippen LogP contribution in [-0.4, -0.2) is 42.0 Å². The van der Waals surface area contributed by atoms with Crippen molar-refractivity contribution >= 4 is 17.6 Å². The molecule has 1 amide bonds. The summed E-state index contributed by atoms with van der Waals surface area (Å²) in [5, 5.41) is 2.92. The third-order valence-electron chi connectivity index (χ3n) is 7.14. The second-order valence-corrected chi connectivity index (χ2v) is 8.89. The lowest BCUT2D eigenvalue weighted by Gasteiger charge is -2.45. The summed E-state index contributed by atoms with van der Waals surface area (Å²) in [7, 11) is 1.56. The maximum absolute atomic E-state index is 12.9. The Labute approximate surface area is 178 Å². The monoisotopic (exact) mass is 422 g/mol. The highest BCUT2D eigenvalue weighted by Gasteiger charge is 3.06. The van der Waals surface area contributed by atoms with Crippen LogP contribution in [-0.2, 0) is 15.0 Å². The Morgan fingerprint density at radius 1 is 1.26 bits per heavy atom. The Morgan fingerprint density at radius 3 is 2.74 bits per heavy atom. The molecule has 1 aliphatic carbocycles. The highest BCUT2D eigenvalue weighted by atomic mass is 16.8. The average molecular weight is 422 g/mol. The number of hydrogen-bond donors (Lipinski definition) is 2. The van der Waals surface area contributed by atoms with Gasteiger partial charge in [0.2, 0.25) is 0 Å². The van der Waals surface area contributed by atoms with Gasteiger partial charge in [-0.3, -0.25) is 4.79 Å². The normalized spacial score (nSPS) is 32.6. The number of amidine groups is 1. The van der Waals surface area contributed by atoms with Gasteiger partial charge < -0.3 is 30.0 Å². The maximum atomic E-state index is 12.9. The van der Waals surface area contributed by atoms with Crippen LogP contribution >= 0.6 is 0 Å². The van der Waals surface area contributed by atoms with Crippen LogP contribution in [0.15, 0.2) is 35.5 Å². The summed E-state index contributed by atoms with van der Waals surface area (Å²) in [5.41, 5.74) is 6.56. The van der Waals surface area contributed by atoms with Crippen LogP contribution in [0.3, 0.4) is 0 Å². The number of ether oxygens (including phenoxy) is 4. The number of anilines is 1. The molecule has 1 saturated heterocycles. The number of rotatable bonds is 3. The molecule has 3 unspecified atom stereocenters. The number of hydrogen-bond acceptors (Lipinski definition) is 8. The number of nitrogens with one attached hydrogen (secondary N) is 1. The van der Waals surface area contributed by atoms with Crippen molar-refractivity contribution in [3.63, 3.8) is 0 Å². The van der Waals surface area contributed by atoms with Gasteiger partial charge in [-0.05, 0) is 50.6 Å². The smallest absolute Gasteiger partial charge is 0.285 e. The molecule has 9 heteroatoms. The van der Waals surface area contributed by atoms with Crippen molar-refractivity contribution in [3.05, 3.63) is 47.3 Å². The van der Waals surface area contributed by atoms with E-state index in [1.807, 2.05) is 32.9 Å². The second-order valence-electron chi connectivity index (χ2n) is 8.89. The molecule has 0 bridgehead atoms. The van der Waals surface area contributed by atoms with Crippen molar-refractivity contribution in [2.24, 2.45) is 16.1 Å². The molecule has 6 rings (SSSR count). The van der Waals surface area contributed by atoms with Gasteiger partial charge in [0.15, 0.2) is 5.54 Å². The summed E-state index contributed by atoms with van der Waals surface area (Å²) in [4.78, 5) is 21.8. The van der Waals surface area contributed by atoms with Crippen LogP contribution in [0.1, 0.15) is 35.5 Å². The number of carbonyl (C=O) groups is 1. The Morgan fingerprint density at radius 2 is 2.06 bits per heavy atom. The first-order chi connectivity index (χ1) is 14.7.